The molecule has 4 nitrogen and oxygen atoms in total. The fourth-order valence-electron chi connectivity index (χ4n) is 4.38. The van der Waals surface area contributed by atoms with Gasteiger partial charge < -0.3 is 4.90 Å². The summed E-state index contributed by atoms with van der Waals surface area (Å²) < 4.78 is 16.4. The smallest absolute Gasteiger partial charge is 0.258 e. The zero-order chi connectivity index (χ0) is 21.3. The van der Waals surface area contributed by atoms with Crippen molar-refractivity contribution in [3.63, 3.8) is 0 Å². The van der Waals surface area contributed by atoms with Crippen LogP contribution in [0.15, 0.2) is 53.3 Å². The number of hydrogen-bond donors (Lipinski definition) is 0. The molecular formula is C25H28FN3O. The molecule has 1 aliphatic heterocycles. The minimum Gasteiger partial charge on any atom is -0.369 e. The summed E-state index contributed by atoms with van der Waals surface area (Å²) in [5.74, 6) is 0.895. The maximum absolute atomic E-state index is 15.0. The van der Waals surface area contributed by atoms with Crippen molar-refractivity contribution in [1.82, 2.24) is 9.55 Å². The second-order valence-corrected chi connectivity index (χ2v) is 8.37. The summed E-state index contributed by atoms with van der Waals surface area (Å²) in [4.78, 5) is 18.8. The Balaban J connectivity index is 1.46. The lowest BCUT2D eigenvalue weighted by Crippen LogP contribution is -2.35. The molecule has 0 spiro atoms. The molecule has 0 atom stereocenters. The van der Waals surface area contributed by atoms with E-state index in [0.717, 1.165) is 32.4 Å². The maximum Gasteiger partial charge on any atom is 0.258 e. The highest BCUT2D eigenvalue weighted by Gasteiger charge is 2.22. The number of halogens is 1. The second kappa shape index (κ2) is 8.42. The molecule has 0 unspecified atom stereocenters. The van der Waals surface area contributed by atoms with Gasteiger partial charge in [0.2, 0.25) is 0 Å². The molecule has 0 saturated carbocycles. The van der Waals surface area contributed by atoms with Gasteiger partial charge >= 0.3 is 0 Å². The van der Waals surface area contributed by atoms with E-state index in [9.17, 15) is 9.18 Å². The molecule has 1 saturated heterocycles. The summed E-state index contributed by atoms with van der Waals surface area (Å²) in [6.07, 6.45) is 3.18. The van der Waals surface area contributed by atoms with E-state index in [4.69, 9.17) is 0 Å². The van der Waals surface area contributed by atoms with Gasteiger partial charge in [0.1, 0.15) is 11.6 Å². The fourth-order valence-corrected chi connectivity index (χ4v) is 4.38. The third-order valence-electron chi connectivity index (χ3n) is 6.00. The van der Waals surface area contributed by atoms with Gasteiger partial charge in [-0.3, -0.25) is 9.36 Å². The van der Waals surface area contributed by atoms with E-state index in [1.54, 1.807) is 19.9 Å². The lowest BCUT2D eigenvalue weighted by atomic mass is 9.89. The molecule has 0 bridgehead atoms. The van der Waals surface area contributed by atoms with Gasteiger partial charge in [-0.2, -0.15) is 0 Å². The molecule has 1 aliphatic rings. The van der Waals surface area contributed by atoms with Crippen LogP contribution < -0.4 is 10.5 Å². The van der Waals surface area contributed by atoms with Crippen molar-refractivity contribution in [2.75, 3.05) is 18.0 Å². The van der Waals surface area contributed by atoms with Gasteiger partial charge in [0, 0.05) is 30.9 Å². The lowest BCUT2D eigenvalue weighted by molar-refractivity contribution is 0.401. The van der Waals surface area contributed by atoms with Gasteiger partial charge in [-0.25, -0.2) is 9.37 Å². The summed E-state index contributed by atoms with van der Waals surface area (Å²) in [6, 6.07) is 15.3. The number of benzene rings is 2. The van der Waals surface area contributed by atoms with E-state index in [1.165, 1.54) is 27.8 Å². The molecule has 2 heterocycles. The first kappa shape index (κ1) is 20.3. The highest BCUT2D eigenvalue weighted by atomic mass is 19.1. The first-order valence-electron chi connectivity index (χ1n) is 10.6. The Hall–Kier alpha value is -2.95. The van der Waals surface area contributed by atoms with Crippen molar-refractivity contribution < 1.29 is 4.39 Å². The van der Waals surface area contributed by atoms with Crippen LogP contribution in [0.25, 0.3) is 5.69 Å². The predicted octanol–water partition coefficient (Wildman–Crippen LogP) is 4.76. The largest absolute Gasteiger partial charge is 0.369 e. The van der Waals surface area contributed by atoms with E-state index < -0.39 is 0 Å². The highest BCUT2D eigenvalue weighted by molar-refractivity contribution is 5.53. The third kappa shape index (κ3) is 4.30. The molecule has 1 aromatic heterocycles. The molecule has 0 amide bonds. The van der Waals surface area contributed by atoms with Crippen LogP contribution in [0.4, 0.5) is 10.1 Å². The number of anilines is 1. The second-order valence-electron chi connectivity index (χ2n) is 8.37. The monoisotopic (exact) mass is 405 g/mol. The van der Waals surface area contributed by atoms with Gasteiger partial charge in [0.25, 0.3) is 5.56 Å². The summed E-state index contributed by atoms with van der Waals surface area (Å²) in [6.45, 7) is 7.34. The van der Waals surface area contributed by atoms with E-state index in [2.05, 4.69) is 41.1 Å². The number of hydrogen-bond acceptors (Lipinski definition) is 3. The minimum absolute atomic E-state index is 0.191. The van der Waals surface area contributed by atoms with E-state index in [-0.39, 0.29) is 11.4 Å². The molecule has 4 rings (SSSR count). The standard InChI is InChI=1S/C25H28FN3O/c1-17-4-6-20(7-5-17)15-21-10-12-28(13-11-21)24-9-8-22(16-23(24)26)29-19(3)27-18(2)14-25(29)30/h4-9,14,16,21H,10-13,15H2,1-3H3. The van der Waals surface area contributed by atoms with E-state index >= 15 is 0 Å². The summed E-state index contributed by atoms with van der Waals surface area (Å²) in [5.41, 5.74) is 4.26. The van der Waals surface area contributed by atoms with Crippen LogP contribution in [0, 0.1) is 32.5 Å². The van der Waals surface area contributed by atoms with Crippen LogP contribution in [0.3, 0.4) is 0 Å². The molecule has 2 aromatic carbocycles. The van der Waals surface area contributed by atoms with Crippen molar-refractivity contribution >= 4 is 5.69 Å². The first-order chi connectivity index (χ1) is 14.4. The Morgan fingerprint density at radius 2 is 1.70 bits per heavy atom. The van der Waals surface area contributed by atoms with Crippen molar-refractivity contribution in [2.24, 2.45) is 5.92 Å². The Morgan fingerprint density at radius 3 is 2.33 bits per heavy atom. The SMILES string of the molecule is Cc1ccc(CC2CCN(c3ccc(-n4c(C)nc(C)cc4=O)cc3F)CC2)cc1. The normalized spacial score (nSPS) is 14.9. The summed E-state index contributed by atoms with van der Waals surface area (Å²) in [5, 5.41) is 0. The zero-order valence-electron chi connectivity index (χ0n) is 17.9. The van der Waals surface area contributed by atoms with Crippen LogP contribution in [-0.4, -0.2) is 22.6 Å². The molecular weight excluding hydrogens is 377 g/mol. The minimum atomic E-state index is -0.295. The van der Waals surface area contributed by atoms with Gasteiger partial charge in [-0.15, -0.1) is 0 Å². The van der Waals surface area contributed by atoms with Crippen LogP contribution >= 0.6 is 0 Å². The average Bonchev–Trinajstić information content (AvgIpc) is 2.70. The summed E-state index contributed by atoms with van der Waals surface area (Å²) >= 11 is 0. The Morgan fingerprint density at radius 1 is 1.00 bits per heavy atom. The van der Waals surface area contributed by atoms with Crippen molar-refractivity contribution in [3.05, 3.63) is 87.3 Å². The van der Waals surface area contributed by atoms with Gasteiger partial charge in [-0.1, -0.05) is 29.8 Å². The Kier molecular flexibility index (Phi) is 5.71. The van der Waals surface area contributed by atoms with Crippen LogP contribution in [0.1, 0.15) is 35.5 Å². The molecule has 0 aliphatic carbocycles. The molecule has 0 radical (unpaired) electrons. The molecule has 3 aromatic rings. The maximum atomic E-state index is 15.0. The molecule has 0 N–H and O–H groups in total. The van der Waals surface area contributed by atoms with E-state index in [0.29, 0.717) is 28.8 Å². The molecule has 1 fully saturated rings. The number of rotatable bonds is 4. The zero-order valence-corrected chi connectivity index (χ0v) is 17.9. The van der Waals surface area contributed by atoms with Crippen molar-refractivity contribution in [1.29, 1.82) is 0 Å². The number of aryl methyl sites for hydroxylation is 3. The molecule has 5 heteroatoms. The Bertz CT molecular complexity index is 1100. The quantitative estimate of drug-likeness (QED) is 0.628. The average molecular weight is 406 g/mol. The number of nitrogens with zero attached hydrogens (tertiary/aromatic N) is 3. The Labute approximate surface area is 177 Å². The number of aromatic nitrogens is 2. The van der Waals surface area contributed by atoms with Crippen molar-refractivity contribution in [2.45, 2.75) is 40.0 Å². The molecule has 30 heavy (non-hydrogen) atoms. The third-order valence-corrected chi connectivity index (χ3v) is 6.00. The van der Waals surface area contributed by atoms with Gasteiger partial charge in [0.15, 0.2) is 0 Å². The van der Waals surface area contributed by atoms with Crippen LogP contribution in [0.5, 0.6) is 0 Å². The van der Waals surface area contributed by atoms with E-state index in [1.807, 2.05) is 6.07 Å². The van der Waals surface area contributed by atoms with Gasteiger partial charge in [-0.05, 0) is 63.6 Å². The van der Waals surface area contributed by atoms with Crippen LogP contribution in [0.2, 0.25) is 0 Å². The van der Waals surface area contributed by atoms with Crippen molar-refractivity contribution in [3.8, 4) is 5.69 Å². The number of piperidine rings is 1. The predicted molar refractivity (Wildman–Crippen MR) is 119 cm³/mol. The first-order valence-corrected chi connectivity index (χ1v) is 10.6. The summed E-state index contributed by atoms with van der Waals surface area (Å²) in [7, 11) is 0. The fraction of sp³-hybridized carbons (Fsp3) is 0.360. The lowest BCUT2D eigenvalue weighted by Gasteiger charge is -2.34. The highest BCUT2D eigenvalue weighted by Crippen LogP contribution is 2.28. The van der Waals surface area contributed by atoms with Gasteiger partial charge in [0.05, 0.1) is 11.4 Å². The molecule has 156 valence electrons. The topological polar surface area (TPSA) is 38.1 Å². The van der Waals surface area contributed by atoms with Crippen LogP contribution in [-0.2, 0) is 6.42 Å².